The van der Waals surface area contributed by atoms with Crippen molar-refractivity contribution in [1.82, 2.24) is 19.9 Å². The van der Waals surface area contributed by atoms with Gasteiger partial charge in [-0.05, 0) is 44.9 Å². The van der Waals surface area contributed by atoms with E-state index in [-0.39, 0.29) is 0 Å². The molecule has 0 amide bonds. The van der Waals surface area contributed by atoms with E-state index in [9.17, 15) is 0 Å². The summed E-state index contributed by atoms with van der Waals surface area (Å²) in [5.41, 5.74) is 2.12. The Morgan fingerprint density at radius 1 is 1.47 bits per heavy atom. The van der Waals surface area contributed by atoms with Crippen molar-refractivity contribution in [1.29, 1.82) is 0 Å². The van der Waals surface area contributed by atoms with Gasteiger partial charge in [0.15, 0.2) is 5.65 Å². The molecule has 0 aliphatic carbocycles. The monoisotopic (exact) mass is 259 g/mol. The third-order valence-electron chi connectivity index (χ3n) is 3.78. The SMILES string of the molecule is CCN(c1nc2ccc(C)cn2n1)C1CCCNC1. The van der Waals surface area contributed by atoms with Crippen molar-refractivity contribution in [3.05, 3.63) is 23.9 Å². The number of aromatic nitrogens is 3. The first kappa shape index (κ1) is 12.4. The zero-order chi connectivity index (χ0) is 13.2. The molecule has 2 aromatic rings. The molecule has 3 heterocycles. The van der Waals surface area contributed by atoms with Crippen LogP contribution in [0.3, 0.4) is 0 Å². The summed E-state index contributed by atoms with van der Waals surface area (Å²) in [7, 11) is 0. The molecular weight excluding hydrogens is 238 g/mol. The molecule has 3 rings (SSSR count). The second-order valence-electron chi connectivity index (χ2n) is 5.21. The van der Waals surface area contributed by atoms with Crippen LogP contribution in [-0.2, 0) is 0 Å². The summed E-state index contributed by atoms with van der Waals surface area (Å²) in [6, 6.07) is 4.61. The van der Waals surface area contributed by atoms with Crippen LogP contribution in [0.1, 0.15) is 25.3 Å². The number of hydrogen-bond acceptors (Lipinski definition) is 4. The first-order valence-electron chi connectivity index (χ1n) is 7.08. The summed E-state index contributed by atoms with van der Waals surface area (Å²) in [6.07, 6.45) is 4.47. The molecule has 5 heteroatoms. The van der Waals surface area contributed by atoms with Crippen molar-refractivity contribution < 1.29 is 0 Å². The smallest absolute Gasteiger partial charge is 0.245 e. The third kappa shape index (κ3) is 2.42. The van der Waals surface area contributed by atoms with Crippen LogP contribution in [0.5, 0.6) is 0 Å². The second kappa shape index (κ2) is 5.17. The molecule has 1 aliphatic rings. The Morgan fingerprint density at radius 3 is 3.11 bits per heavy atom. The van der Waals surface area contributed by atoms with Crippen LogP contribution in [0.2, 0.25) is 0 Å². The summed E-state index contributed by atoms with van der Waals surface area (Å²) in [4.78, 5) is 6.96. The van der Waals surface area contributed by atoms with Gasteiger partial charge in [0, 0.05) is 25.3 Å². The average molecular weight is 259 g/mol. The minimum absolute atomic E-state index is 0.511. The lowest BCUT2D eigenvalue weighted by atomic mass is 10.1. The van der Waals surface area contributed by atoms with Gasteiger partial charge in [0.05, 0.1) is 0 Å². The van der Waals surface area contributed by atoms with Crippen molar-refractivity contribution in [2.45, 2.75) is 32.7 Å². The van der Waals surface area contributed by atoms with Crippen molar-refractivity contribution in [3.8, 4) is 0 Å². The number of anilines is 1. The van der Waals surface area contributed by atoms with E-state index in [1.165, 1.54) is 18.4 Å². The molecule has 1 aliphatic heterocycles. The van der Waals surface area contributed by atoms with Crippen LogP contribution in [0.4, 0.5) is 5.95 Å². The zero-order valence-electron chi connectivity index (χ0n) is 11.6. The minimum Gasteiger partial charge on any atom is -0.336 e. The number of likely N-dealkylation sites (N-methyl/N-ethyl adjacent to an activating group) is 1. The molecule has 0 bridgehead atoms. The third-order valence-corrected chi connectivity index (χ3v) is 3.78. The minimum atomic E-state index is 0.511. The Morgan fingerprint density at radius 2 is 2.37 bits per heavy atom. The van der Waals surface area contributed by atoms with Gasteiger partial charge in [0.1, 0.15) is 0 Å². The van der Waals surface area contributed by atoms with E-state index in [1.54, 1.807) is 0 Å². The molecule has 0 spiro atoms. The summed E-state index contributed by atoms with van der Waals surface area (Å²) < 4.78 is 1.88. The molecule has 0 saturated carbocycles. The second-order valence-corrected chi connectivity index (χ2v) is 5.21. The molecule has 1 N–H and O–H groups in total. The molecule has 5 nitrogen and oxygen atoms in total. The van der Waals surface area contributed by atoms with E-state index in [0.717, 1.165) is 31.2 Å². The Kier molecular flexibility index (Phi) is 3.38. The standard InChI is InChI=1S/C14H21N5/c1-3-18(12-5-4-8-15-9-12)14-16-13-7-6-11(2)10-19(13)17-14/h6-7,10,12,15H,3-5,8-9H2,1-2H3. The molecule has 102 valence electrons. The fourth-order valence-electron chi connectivity index (χ4n) is 2.76. The van der Waals surface area contributed by atoms with Gasteiger partial charge in [-0.3, -0.25) is 0 Å². The fourth-order valence-corrected chi connectivity index (χ4v) is 2.76. The predicted molar refractivity (Wildman–Crippen MR) is 76.6 cm³/mol. The molecule has 0 radical (unpaired) electrons. The van der Waals surface area contributed by atoms with Gasteiger partial charge in [-0.25, -0.2) is 4.52 Å². The van der Waals surface area contributed by atoms with Gasteiger partial charge in [0.25, 0.3) is 0 Å². The maximum Gasteiger partial charge on any atom is 0.245 e. The zero-order valence-corrected chi connectivity index (χ0v) is 11.6. The highest BCUT2D eigenvalue weighted by molar-refractivity contribution is 5.46. The van der Waals surface area contributed by atoms with Crippen molar-refractivity contribution >= 4 is 11.6 Å². The van der Waals surface area contributed by atoms with E-state index >= 15 is 0 Å². The molecule has 2 aromatic heterocycles. The summed E-state index contributed by atoms with van der Waals surface area (Å²) >= 11 is 0. The van der Waals surface area contributed by atoms with Crippen LogP contribution in [-0.4, -0.2) is 40.3 Å². The highest BCUT2D eigenvalue weighted by Gasteiger charge is 2.22. The van der Waals surface area contributed by atoms with Crippen LogP contribution in [0.25, 0.3) is 5.65 Å². The number of piperidine rings is 1. The number of hydrogen-bond donors (Lipinski definition) is 1. The van der Waals surface area contributed by atoms with E-state index in [4.69, 9.17) is 0 Å². The Hall–Kier alpha value is -1.62. The maximum absolute atomic E-state index is 4.65. The highest BCUT2D eigenvalue weighted by atomic mass is 15.4. The van der Waals surface area contributed by atoms with Crippen LogP contribution in [0.15, 0.2) is 18.3 Å². The number of nitrogens with one attached hydrogen (secondary N) is 1. The largest absolute Gasteiger partial charge is 0.336 e. The van der Waals surface area contributed by atoms with Crippen LogP contribution < -0.4 is 10.2 Å². The van der Waals surface area contributed by atoms with Gasteiger partial charge in [0.2, 0.25) is 5.95 Å². The summed E-state index contributed by atoms with van der Waals surface area (Å²) in [5.74, 6) is 0.849. The Labute approximate surface area is 113 Å². The van der Waals surface area contributed by atoms with E-state index in [2.05, 4.69) is 40.2 Å². The topological polar surface area (TPSA) is 45.5 Å². The lowest BCUT2D eigenvalue weighted by molar-refractivity contribution is 0.431. The lowest BCUT2D eigenvalue weighted by Gasteiger charge is -2.33. The maximum atomic E-state index is 4.65. The first-order chi connectivity index (χ1) is 9.28. The average Bonchev–Trinajstić information content (AvgIpc) is 2.83. The lowest BCUT2D eigenvalue weighted by Crippen LogP contribution is -2.46. The van der Waals surface area contributed by atoms with Gasteiger partial charge < -0.3 is 10.2 Å². The predicted octanol–water partition coefficient (Wildman–Crippen LogP) is 1.62. The quantitative estimate of drug-likeness (QED) is 0.909. The van der Waals surface area contributed by atoms with Crippen LogP contribution in [0, 0.1) is 6.92 Å². The molecule has 19 heavy (non-hydrogen) atoms. The Bertz CT molecular complexity index is 556. The van der Waals surface area contributed by atoms with E-state index in [0.29, 0.717) is 6.04 Å². The van der Waals surface area contributed by atoms with E-state index < -0.39 is 0 Å². The van der Waals surface area contributed by atoms with E-state index in [1.807, 2.05) is 16.8 Å². The molecule has 1 unspecified atom stereocenters. The van der Waals surface area contributed by atoms with Crippen molar-refractivity contribution in [2.75, 3.05) is 24.5 Å². The van der Waals surface area contributed by atoms with Gasteiger partial charge >= 0.3 is 0 Å². The molecular formula is C14H21N5. The highest BCUT2D eigenvalue weighted by Crippen LogP contribution is 2.18. The number of pyridine rings is 1. The fraction of sp³-hybridized carbons (Fsp3) is 0.571. The molecule has 1 saturated heterocycles. The van der Waals surface area contributed by atoms with Crippen molar-refractivity contribution in [3.63, 3.8) is 0 Å². The molecule has 0 aromatic carbocycles. The first-order valence-corrected chi connectivity index (χ1v) is 7.08. The summed E-state index contributed by atoms with van der Waals surface area (Å²) in [6.45, 7) is 7.35. The molecule has 1 atom stereocenters. The number of nitrogens with zero attached hydrogens (tertiary/aromatic N) is 4. The summed E-state index contributed by atoms with van der Waals surface area (Å²) in [5, 5.41) is 8.08. The van der Waals surface area contributed by atoms with Crippen molar-refractivity contribution in [2.24, 2.45) is 0 Å². The van der Waals surface area contributed by atoms with Gasteiger partial charge in [-0.1, -0.05) is 6.07 Å². The van der Waals surface area contributed by atoms with Crippen LogP contribution >= 0.6 is 0 Å². The Balaban J connectivity index is 1.91. The number of aryl methyl sites for hydroxylation is 1. The van der Waals surface area contributed by atoms with Gasteiger partial charge in [-0.15, -0.1) is 5.10 Å². The number of fused-ring (bicyclic) bond motifs is 1. The molecule has 1 fully saturated rings. The normalized spacial score (nSPS) is 19.8. The number of rotatable bonds is 3. The van der Waals surface area contributed by atoms with Gasteiger partial charge in [-0.2, -0.15) is 4.98 Å².